The van der Waals surface area contributed by atoms with E-state index in [2.05, 4.69) is 42.2 Å². The summed E-state index contributed by atoms with van der Waals surface area (Å²) in [5, 5.41) is 11.9. The molecule has 1 heterocycles. The highest BCUT2D eigenvalue weighted by Crippen LogP contribution is 2.28. The smallest absolute Gasteiger partial charge is 0.354 e. The standard InChI is InChI=1S/C12H8Br2N2O2/c13-7-4-5-8(14)10(6-7)16-11-3-1-2-9(15-11)12(17)18/h1-6H,(H,15,16)(H,17,18). The highest BCUT2D eigenvalue weighted by Gasteiger charge is 2.06. The Morgan fingerprint density at radius 2 is 2.00 bits per heavy atom. The number of pyridine rings is 1. The number of nitrogens with zero attached hydrogens (tertiary/aromatic N) is 1. The maximum atomic E-state index is 10.8. The highest BCUT2D eigenvalue weighted by atomic mass is 79.9. The summed E-state index contributed by atoms with van der Waals surface area (Å²) in [5.74, 6) is -0.569. The number of carboxylic acid groups (broad SMARTS) is 1. The van der Waals surface area contributed by atoms with E-state index in [0.29, 0.717) is 5.82 Å². The van der Waals surface area contributed by atoms with Gasteiger partial charge in [0.1, 0.15) is 5.82 Å². The molecule has 0 unspecified atom stereocenters. The van der Waals surface area contributed by atoms with Crippen molar-refractivity contribution in [1.29, 1.82) is 0 Å². The van der Waals surface area contributed by atoms with Gasteiger partial charge in [-0.25, -0.2) is 9.78 Å². The fourth-order valence-electron chi connectivity index (χ4n) is 1.35. The summed E-state index contributed by atoms with van der Waals surface area (Å²) in [6, 6.07) is 10.5. The number of hydrogen-bond acceptors (Lipinski definition) is 3. The van der Waals surface area contributed by atoms with Crippen LogP contribution in [-0.4, -0.2) is 16.1 Å². The van der Waals surface area contributed by atoms with Gasteiger partial charge in [-0.1, -0.05) is 22.0 Å². The summed E-state index contributed by atoms with van der Waals surface area (Å²) < 4.78 is 1.79. The van der Waals surface area contributed by atoms with Gasteiger partial charge in [-0.3, -0.25) is 0 Å². The van der Waals surface area contributed by atoms with Crippen LogP contribution in [0.3, 0.4) is 0 Å². The molecular weight excluding hydrogens is 364 g/mol. The molecule has 6 heteroatoms. The SMILES string of the molecule is O=C(O)c1cccc(Nc2cc(Br)ccc2Br)n1. The summed E-state index contributed by atoms with van der Waals surface area (Å²) in [6.45, 7) is 0. The highest BCUT2D eigenvalue weighted by molar-refractivity contribution is 9.11. The third-order valence-corrected chi connectivity index (χ3v) is 3.34. The van der Waals surface area contributed by atoms with E-state index in [4.69, 9.17) is 5.11 Å². The summed E-state index contributed by atoms with van der Waals surface area (Å²) in [4.78, 5) is 14.8. The molecule has 92 valence electrons. The molecule has 0 amide bonds. The number of rotatable bonds is 3. The van der Waals surface area contributed by atoms with Gasteiger partial charge in [-0.05, 0) is 46.3 Å². The first kappa shape index (κ1) is 13.0. The zero-order valence-electron chi connectivity index (χ0n) is 9.02. The Morgan fingerprint density at radius 1 is 1.22 bits per heavy atom. The molecule has 0 radical (unpaired) electrons. The van der Waals surface area contributed by atoms with Gasteiger partial charge in [0.05, 0.1) is 5.69 Å². The van der Waals surface area contributed by atoms with E-state index in [-0.39, 0.29) is 5.69 Å². The van der Waals surface area contributed by atoms with Crippen molar-refractivity contribution in [3.8, 4) is 0 Å². The molecule has 0 spiro atoms. The Bertz CT molecular complexity index is 602. The van der Waals surface area contributed by atoms with Crippen LogP contribution in [0.15, 0.2) is 45.3 Å². The van der Waals surface area contributed by atoms with Crippen molar-refractivity contribution in [3.05, 3.63) is 51.0 Å². The summed E-state index contributed by atoms with van der Waals surface area (Å²) >= 11 is 6.78. The van der Waals surface area contributed by atoms with Crippen molar-refractivity contribution in [3.63, 3.8) is 0 Å². The summed E-state index contributed by atoms with van der Waals surface area (Å²) in [5.41, 5.74) is 0.811. The lowest BCUT2D eigenvalue weighted by Crippen LogP contribution is -2.02. The van der Waals surface area contributed by atoms with E-state index in [1.54, 1.807) is 12.1 Å². The molecule has 2 rings (SSSR count). The summed E-state index contributed by atoms with van der Waals surface area (Å²) in [6.07, 6.45) is 0. The molecule has 0 saturated carbocycles. The molecule has 0 bridgehead atoms. The largest absolute Gasteiger partial charge is 0.477 e. The first-order valence-corrected chi connectivity index (χ1v) is 6.57. The molecule has 1 aromatic carbocycles. The van der Waals surface area contributed by atoms with Crippen molar-refractivity contribution >= 4 is 49.3 Å². The van der Waals surface area contributed by atoms with Crippen LogP contribution in [-0.2, 0) is 0 Å². The molecule has 0 fully saturated rings. The minimum atomic E-state index is -1.05. The predicted octanol–water partition coefficient (Wildman–Crippen LogP) is 4.05. The minimum absolute atomic E-state index is 0.00567. The molecule has 2 aromatic rings. The minimum Gasteiger partial charge on any atom is -0.477 e. The van der Waals surface area contributed by atoms with E-state index in [9.17, 15) is 4.79 Å². The van der Waals surface area contributed by atoms with Crippen LogP contribution in [0.1, 0.15) is 10.5 Å². The second-order valence-electron chi connectivity index (χ2n) is 3.46. The average Bonchev–Trinajstić information content (AvgIpc) is 2.34. The van der Waals surface area contributed by atoms with E-state index >= 15 is 0 Å². The zero-order valence-corrected chi connectivity index (χ0v) is 12.2. The molecule has 0 saturated heterocycles. The topological polar surface area (TPSA) is 62.2 Å². The van der Waals surface area contributed by atoms with Crippen molar-refractivity contribution < 1.29 is 9.90 Å². The molecule has 0 aliphatic carbocycles. The van der Waals surface area contributed by atoms with E-state index in [0.717, 1.165) is 14.6 Å². The Balaban J connectivity index is 2.31. The molecular formula is C12H8Br2N2O2. The van der Waals surface area contributed by atoms with E-state index < -0.39 is 5.97 Å². The van der Waals surface area contributed by atoms with Gasteiger partial charge < -0.3 is 10.4 Å². The molecule has 0 aliphatic rings. The van der Waals surface area contributed by atoms with Gasteiger partial charge in [-0.2, -0.15) is 0 Å². The van der Waals surface area contributed by atoms with Crippen molar-refractivity contribution in [2.24, 2.45) is 0 Å². The number of anilines is 2. The Hall–Kier alpha value is -1.40. The number of hydrogen-bond donors (Lipinski definition) is 2. The number of carbonyl (C=O) groups is 1. The number of carboxylic acids is 1. The van der Waals surface area contributed by atoms with Crippen LogP contribution >= 0.6 is 31.9 Å². The normalized spacial score (nSPS) is 10.1. The second-order valence-corrected chi connectivity index (χ2v) is 5.23. The fraction of sp³-hybridized carbons (Fsp3) is 0. The van der Waals surface area contributed by atoms with Crippen LogP contribution in [0.25, 0.3) is 0 Å². The van der Waals surface area contributed by atoms with Gasteiger partial charge in [0, 0.05) is 8.95 Å². The maximum absolute atomic E-state index is 10.8. The van der Waals surface area contributed by atoms with Gasteiger partial charge in [0.2, 0.25) is 0 Å². The number of aromatic carboxylic acids is 1. The second kappa shape index (κ2) is 5.49. The third kappa shape index (κ3) is 3.08. The Labute approximate surface area is 120 Å². The molecule has 1 aromatic heterocycles. The van der Waals surface area contributed by atoms with Crippen molar-refractivity contribution in [2.45, 2.75) is 0 Å². The number of halogens is 2. The first-order valence-electron chi connectivity index (χ1n) is 4.98. The fourth-order valence-corrected chi connectivity index (χ4v) is 2.06. The van der Waals surface area contributed by atoms with E-state index in [1.165, 1.54) is 6.07 Å². The molecule has 2 N–H and O–H groups in total. The average molecular weight is 372 g/mol. The Morgan fingerprint density at radius 3 is 2.72 bits per heavy atom. The third-order valence-electron chi connectivity index (χ3n) is 2.16. The quantitative estimate of drug-likeness (QED) is 0.854. The van der Waals surface area contributed by atoms with Gasteiger partial charge >= 0.3 is 5.97 Å². The van der Waals surface area contributed by atoms with Crippen LogP contribution in [0, 0.1) is 0 Å². The van der Waals surface area contributed by atoms with Crippen LogP contribution in [0.2, 0.25) is 0 Å². The Kier molecular flexibility index (Phi) is 3.98. The van der Waals surface area contributed by atoms with Gasteiger partial charge in [0.15, 0.2) is 5.69 Å². The zero-order chi connectivity index (χ0) is 13.1. The lowest BCUT2D eigenvalue weighted by Gasteiger charge is -2.08. The molecule has 4 nitrogen and oxygen atoms in total. The lowest BCUT2D eigenvalue weighted by atomic mass is 10.3. The number of aromatic nitrogens is 1. The van der Waals surface area contributed by atoms with Crippen LogP contribution < -0.4 is 5.32 Å². The first-order chi connectivity index (χ1) is 8.56. The summed E-state index contributed by atoms with van der Waals surface area (Å²) in [7, 11) is 0. The van der Waals surface area contributed by atoms with Crippen LogP contribution in [0.5, 0.6) is 0 Å². The van der Waals surface area contributed by atoms with Gasteiger partial charge in [-0.15, -0.1) is 0 Å². The molecule has 0 aliphatic heterocycles. The molecule has 0 atom stereocenters. The van der Waals surface area contributed by atoms with Crippen LogP contribution in [0.4, 0.5) is 11.5 Å². The lowest BCUT2D eigenvalue weighted by molar-refractivity contribution is 0.0690. The van der Waals surface area contributed by atoms with Gasteiger partial charge in [0.25, 0.3) is 0 Å². The number of benzene rings is 1. The van der Waals surface area contributed by atoms with E-state index in [1.807, 2.05) is 18.2 Å². The van der Waals surface area contributed by atoms with Crippen molar-refractivity contribution in [1.82, 2.24) is 4.98 Å². The van der Waals surface area contributed by atoms with Crippen molar-refractivity contribution in [2.75, 3.05) is 5.32 Å². The maximum Gasteiger partial charge on any atom is 0.354 e. The predicted molar refractivity (Wildman–Crippen MR) is 76.3 cm³/mol. The number of nitrogens with one attached hydrogen (secondary N) is 1. The monoisotopic (exact) mass is 370 g/mol. The molecule has 18 heavy (non-hydrogen) atoms.